The number of benzene rings is 1. The molecule has 0 radical (unpaired) electrons. The smallest absolute Gasteiger partial charge is 0.165 e. The number of methoxy groups -OCH3 is 1. The van der Waals surface area contributed by atoms with E-state index < -0.39 is 0 Å². The van der Waals surface area contributed by atoms with Crippen LogP contribution in [0.15, 0.2) is 36.5 Å². The number of hydrogen-bond donors (Lipinski definition) is 1. The number of halogens is 1. The second kappa shape index (κ2) is 4.82. The van der Waals surface area contributed by atoms with E-state index in [4.69, 9.17) is 10.5 Å². The number of nitrogen functional groups attached to an aromatic ring is 1. The van der Waals surface area contributed by atoms with Gasteiger partial charge in [0.15, 0.2) is 11.6 Å². The first-order chi connectivity index (χ1) is 8.19. The monoisotopic (exact) mass is 232 g/mol. The third kappa shape index (κ3) is 2.72. The Morgan fingerprint density at radius 2 is 2.00 bits per heavy atom. The molecule has 0 fully saturated rings. The van der Waals surface area contributed by atoms with Crippen LogP contribution in [-0.2, 0) is 6.42 Å². The maximum atomic E-state index is 13.5. The zero-order valence-corrected chi connectivity index (χ0v) is 9.48. The van der Waals surface area contributed by atoms with E-state index in [0.717, 1.165) is 11.1 Å². The van der Waals surface area contributed by atoms with Crippen molar-refractivity contribution in [2.24, 2.45) is 0 Å². The van der Waals surface area contributed by atoms with Crippen LogP contribution in [0.2, 0.25) is 0 Å². The Morgan fingerprint density at radius 3 is 2.59 bits per heavy atom. The van der Waals surface area contributed by atoms with Crippen molar-refractivity contribution in [2.45, 2.75) is 6.42 Å². The molecular formula is C13H13FN2O. The molecule has 0 aliphatic rings. The van der Waals surface area contributed by atoms with Gasteiger partial charge in [0.2, 0.25) is 0 Å². The molecule has 2 N–H and O–H groups in total. The Kier molecular flexibility index (Phi) is 3.23. The molecule has 2 aromatic rings. The molecule has 0 saturated heterocycles. The Morgan fingerprint density at radius 1 is 1.24 bits per heavy atom. The molecule has 0 atom stereocenters. The predicted molar refractivity (Wildman–Crippen MR) is 64.4 cm³/mol. The topological polar surface area (TPSA) is 48.1 Å². The van der Waals surface area contributed by atoms with Gasteiger partial charge in [-0.2, -0.15) is 0 Å². The average molecular weight is 232 g/mol. The minimum atomic E-state index is -0.353. The summed E-state index contributed by atoms with van der Waals surface area (Å²) in [6.45, 7) is 0. The third-order valence-corrected chi connectivity index (χ3v) is 2.47. The summed E-state index contributed by atoms with van der Waals surface area (Å²) in [6, 6.07) is 8.53. The second-order valence-electron chi connectivity index (χ2n) is 3.74. The highest BCUT2D eigenvalue weighted by Crippen LogP contribution is 2.19. The van der Waals surface area contributed by atoms with Crippen molar-refractivity contribution in [2.75, 3.05) is 12.8 Å². The zero-order chi connectivity index (χ0) is 12.3. The number of nitrogens with zero attached hydrogens (tertiary/aromatic N) is 1. The van der Waals surface area contributed by atoms with Gasteiger partial charge in [-0.25, -0.2) is 9.37 Å². The number of pyridine rings is 1. The minimum Gasteiger partial charge on any atom is -0.494 e. The van der Waals surface area contributed by atoms with Gasteiger partial charge < -0.3 is 10.5 Å². The summed E-state index contributed by atoms with van der Waals surface area (Å²) in [5.41, 5.74) is 7.35. The van der Waals surface area contributed by atoms with Crippen LogP contribution in [0, 0.1) is 5.82 Å². The van der Waals surface area contributed by atoms with E-state index in [1.165, 1.54) is 13.2 Å². The lowest BCUT2D eigenvalue weighted by molar-refractivity contribution is 0.386. The zero-order valence-electron chi connectivity index (χ0n) is 9.48. The minimum absolute atomic E-state index is 0.254. The van der Waals surface area contributed by atoms with E-state index in [2.05, 4.69) is 4.98 Å². The Labute approximate surface area is 99.1 Å². The second-order valence-corrected chi connectivity index (χ2v) is 3.74. The number of ether oxygens (including phenoxy) is 1. The highest BCUT2D eigenvalue weighted by molar-refractivity contribution is 5.34. The van der Waals surface area contributed by atoms with Gasteiger partial charge in [-0.3, -0.25) is 0 Å². The van der Waals surface area contributed by atoms with Crippen molar-refractivity contribution in [1.29, 1.82) is 0 Å². The summed E-state index contributed by atoms with van der Waals surface area (Å²) in [7, 11) is 1.45. The summed E-state index contributed by atoms with van der Waals surface area (Å²) < 4.78 is 18.3. The maximum absolute atomic E-state index is 13.5. The first-order valence-electron chi connectivity index (χ1n) is 5.22. The highest BCUT2D eigenvalue weighted by Gasteiger charge is 2.04. The van der Waals surface area contributed by atoms with Crippen LogP contribution in [0.25, 0.3) is 0 Å². The van der Waals surface area contributed by atoms with E-state index in [1.54, 1.807) is 18.3 Å². The van der Waals surface area contributed by atoms with Crippen LogP contribution >= 0.6 is 0 Å². The number of hydrogen-bond acceptors (Lipinski definition) is 3. The largest absolute Gasteiger partial charge is 0.494 e. The summed E-state index contributed by atoms with van der Waals surface area (Å²) >= 11 is 0. The van der Waals surface area contributed by atoms with Gasteiger partial charge >= 0.3 is 0 Å². The molecule has 2 rings (SSSR count). The lowest BCUT2D eigenvalue weighted by atomic mass is 10.1. The average Bonchev–Trinajstić information content (AvgIpc) is 2.32. The molecule has 1 aromatic heterocycles. The fourth-order valence-corrected chi connectivity index (χ4v) is 1.60. The lowest BCUT2D eigenvalue weighted by Crippen LogP contribution is -1.95. The Hall–Kier alpha value is -2.10. The molecule has 0 bridgehead atoms. The number of rotatable bonds is 3. The van der Waals surface area contributed by atoms with E-state index in [1.807, 2.05) is 12.1 Å². The van der Waals surface area contributed by atoms with Gasteiger partial charge in [0.25, 0.3) is 0 Å². The first-order valence-corrected chi connectivity index (χ1v) is 5.22. The predicted octanol–water partition coefficient (Wildman–Crippen LogP) is 2.40. The molecule has 17 heavy (non-hydrogen) atoms. The molecule has 1 aromatic carbocycles. The van der Waals surface area contributed by atoms with Crippen molar-refractivity contribution in [1.82, 2.24) is 4.98 Å². The quantitative estimate of drug-likeness (QED) is 0.884. The lowest BCUT2D eigenvalue weighted by Gasteiger charge is -2.05. The Balaban J connectivity index is 2.19. The molecule has 88 valence electrons. The molecule has 0 aliphatic carbocycles. The summed E-state index contributed by atoms with van der Waals surface area (Å²) in [6.07, 6.45) is 2.31. The Bertz CT molecular complexity index is 511. The molecule has 3 nitrogen and oxygen atoms in total. The molecule has 0 saturated carbocycles. The third-order valence-electron chi connectivity index (χ3n) is 2.47. The van der Waals surface area contributed by atoms with Gasteiger partial charge in [-0.1, -0.05) is 12.1 Å². The van der Waals surface area contributed by atoms with Crippen molar-refractivity contribution >= 4 is 5.82 Å². The molecule has 0 aliphatic heterocycles. The van der Waals surface area contributed by atoms with Crippen molar-refractivity contribution in [3.8, 4) is 5.75 Å². The standard InChI is InChI=1S/C13H13FN2O/c1-17-12-4-2-9(7-11(12)14)6-10-3-5-13(15)16-8-10/h2-5,7-8H,6H2,1H3,(H2,15,16). The fraction of sp³-hybridized carbons (Fsp3) is 0.154. The van der Waals surface area contributed by atoms with Crippen LogP contribution in [0.3, 0.4) is 0 Å². The number of aromatic nitrogens is 1. The molecule has 4 heteroatoms. The maximum Gasteiger partial charge on any atom is 0.165 e. The van der Waals surface area contributed by atoms with Gasteiger partial charge in [0.05, 0.1) is 7.11 Å². The fourth-order valence-electron chi connectivity index (χ4n) is 1.60. The SMILES string of the molecule is COc1ccc(Cc2ccc(N)nc2)cc1F. The van der Waals surface area contributed by atoms with Crippen molar-refractivity contribution in [3.05, 3.63) is 53.5 Å². The van der Waals surface area contributed by atoms with Gasteiger partial charge in [0, 0.05) is 6.20 Å². The summed E-state index contributed by atoms with van der Waals surface area (Å²) in [5, 5.41) is 0. The molecular weight excluding hydrogens is 219 g/mol. The van der Waals surface area contributed by atoms with Gasteiger partial charge in [-0.15, -0.1) is 0 Å². The van der Waals surface area contributed by atoms with Crippen LogP contribution in [0.5, 0.6) is 5.75 Å². The van der Waals surface area contributed by atoms with E-state index in [9.17, 15) is 4.39 Å². The molecule has 1 heterocycles. The van der Waals surface area contributed by atoms with E-state index in [-0.39, 0.29) is 11.6 Å². The van der Waals surface area contributed by atoms with Crippen molar-refractivity contribution < 1.29 is 9.13 Å². The highest BCUT2D eigenvalue weighted by atomic mass is 19.1. The van der Waals surface area contributed by atoms with Gasteiger partial charge in [-0.05, 0) is 35.7 Å². The van der Waals surface area contributed by atoms with Crippen molar-refractivity contribution in [3.63, 3.8) is 0 Å². The van der Waals surface area contributed by atoms with Crippen LogP contribution < -0.4 is 10.5 Å². The first kappa shape index (κ1) is 11.4. The molecule has 0 spiro atoms. The van der Waals surface area contributed by atoms with E-state index >= 15 is 0 Å². The van der Waals surface area contributed by atoms with Crippen LogP contribution in [0.4, 0.5) is 10.2 Å². The molecule has 0 amide bonds. The molecule has 0 unspecified atom stereocenters. The van der Waals surface area contributed by atoms with Gasteiger partial charge in [0.1, 0.15) is 5.82 Å². The van der Waals surface area contributed by atoms with E-state index in [0.29, 0.717) is 12.2 Å². The van der Waals surface area contributed by atoms with Crippen LogP contribution in [0.1, 0.15) is 11.1 Å². The normalized spacial score (nSPS) is 10.2. The summed E-state index contributed by atoms with van der Waals surface area (Å²) in [5.74, 6) is 0.382. The van der Waals surface area contributed by atoms with Crippen LogP contribution in [-0.4, -0.2) is 12.1 Å². The number of anilines is 1. The summed E-state index contributed by atoms with van der Waals surface area (Å²) in [4.78, 5) is 3.99. The number of nitrogens with two attached hydrogens (primary N) is 1.